The summed E-state index contributed by atoms with van der Waals surface area (Å²) in [5.41, 5.74) is 2.65. The van der Waals surface area contributed by atoms with E-state index in [1.165, 1.54) is 0 Å². The average molecular weight is 526 g/mol. The molecule has 0 aliphatic carbocycles. The second-order valence-electron chi connectivity index (χ2n) is 6.68. The topological polar surface area (TPSA) is 86.2 Å². The van der Waals surface area contributed by atoms with Gasteiger partial charge in [-0.1, -0.05) is 18.2 Å². The number of hydrogen-bond donors (Lipinski definition) is 3. The molecule has 0 saturated heterocycles. The minimum Gasteiger partial charge on any atom is -0.504 e. The molecule has 0 saturated carbocycles. The van der Waals surface area contributed by atoms with E-state index in [0.29, 0.717) is 37.0 Å². The van der Waals surface area contributed by atoms with Gasteiger partial charge >= 0.3 is 0 Å². The summed E-state index contributed by atoms with van der Waals surface area (Å²) in [6, 6.07) is 12.8. The van der Waals surface area contributed by atoms with Gasteiger partial charge in [-0.2, -0.15) is 0 Å². The van der Waals surface area contributed by atoms with Crippen molar-refractivity contribution < 1.29 is 14.6 Å². The Labute approximate surface area is 195 Å². The van der Waals surface area contributed by atoms with E-state index < -0.39 is 0 Å². The zero-order chi connectivity index (χ0) is 21.2. The number of phenolic OH excluding ortho intramolecular Hbond substituents is 1. The van der Waals surface area contributed by atoms with E-state index in [1.807, 2.05) is 44.2 Å². The number of hydrogen-bond acceptors (Lipinski definition) is 4. The van der Waals surface area contributed by atoms with E-state index in [4.69, 9.17) is 4.74 Å². The summed E-state index contributed by atoms with van der Waals surface area (Å²) in [6.07, 6.45) is 0. The monoisotopic (exact) mass is 526 g/mol. The number of benzene rings is 2. The molecule has 2 rings (SSSR count). The highest BCUT2D eigenvalue weighted by Crippen LogP contribution is 2.27. The van der Waals surface area contributed by atoms with Crippen molar-refractivity contribution in [1.82, 2.24) is 15.5 Å². The molecule has 0 unspecified atom stereocenters. The molecular weight excluding hydrogens is 495 g/mol. The summed E-state index contributed by atoms with van der Waals surface area (Å²) >= 11 is 0. The second-order valence-corrected chi connectivity index (χ2v) is 6.68. The predicted octanol–water partition coefficient (Wildman–Crippen LogP) is 3.37. The molecule has 8 heteroatoms. The Kier molecular flexibility index (Phi) is 11.0. The van der Waals surface area contributed by atoms with Crippen LogP contribution in [0, 0.1) is 0 Å². The van der Waals surface area contributed by atoms with Gasteiger partial charge in [0.15, 0.2) is 17.5 Å². The van der Waals surface area contributed by atoms with Crippen LogP contribution in [0.15, 0.2) is 47.5 Å². The first-order chi connectivity index (χ1) is 13.9. The molecule has 7 nitrogen and oxygen atoms in total. The standard InChI is InChI=1S/C22H30N4O3.HI/c1-5-23-22(25-15-17-9-12-19(27)20(13-17)29-6-2)24-14-16-7-10-18(11-8-16)21(28)26(3)4;/h7-13,27H,5-6,14-15H2,1-4H3,(H2,23,24,25);1H. The fraction of sp³-hybridized carbons (Fsp3) is 0.364. The first-order valence-corrected chi connectivity index (χ1v) is 9.72. The SMILES string of the molecule is CCNC(=NCc1ccc(O)c(OCC)c1)NCc1ccc(C(=O)N(C)C)cc1.I. The number of ether oxygens (including phenoxy) is 1. The molecule has 2 aromatic rings. The van der Waals surface area contributed by atoms with E-state index in [2.05, 4.69) is 15.6 Å². The molecule has 0 fully saturated rings. The van der Waals surface area contributed by atoms with Gasteiger partial charge in [0.1, 0.15) is 0 Å². The molecule has 0 aliphatic heterocycles. The number of rotatable bonds is 8. The van der Waals surface area contributed by atoms with Crippen LogP contribution >= 0.6 is 24.0 Å². The van der Waals surface area contributed by atoms with Crippen molar-refractivity contribution in [2.75, 3.05) is 27.2 Å². The van der Waals surface area contributed by atoms with Crippen molar-refractivity contribution in [3.05, 3.63) is 59.2 Å². The van der Waals surface area contributed by atoms with Gasteiger partial charge in [-0.25, -0.2) is 4.99 Å². The van der Waals surface area contributed by atoms with Crippen LogP contribution in [0.1, 0.15) is 35.3 Å². The molecule has 0 bridgehead atoms. The molecule has 0 aromatic heterocycles. The molecule has 0 radical (unpaired) electrons. The van der Waals surface area contributed by atoms with Gasteiger partial charge in [0.05, 0.1) is 13.2 Å². The summed E-state index contributed by atoms with van der Waals surface area (Å²) in [5, 5.41) is 16.3. The largest absolute Gasteiger partial charge is 0.504 e. The summed E-state index contributed by atoms with van der Waals surface area (Å²) in [7, 11) is 3.48. The minimum atomic E-state index is -0.0141. The molecular formula is C22H31IN4O3. The summed E-state index contributed by atoms with van der Waals surface area (Å²) < 4.78 is 5.42. The Balaban J connectivity index is 0.00000450. The first kappa shape index (κ1) is 25.5. The van der Waals surface area contributed by atoms with E-state index in [-0.39, 0.29) is 35.6 Å². The van der Waals surface area contributed by atoms with Gasteiger partial charge in [-0.05, 0) is 49.2 Å². The lowest BCUT2D eigenvalue weighted by molar-refractivity contribution is 0.0827. The van der Waals surface area contributed by atoms with Crippen molar-refractivity contribution in [3.63, 3.8) is 0 Å². The number of carbonyl (C=O) groups excluding carboxylic acids is 1. The molecule has 1 amide bonds. The van der Waals surface area contributed by atoms with Gasteiger partial charge in [0.2, 0.25) is 0 Å². The molecule has 0 heterocycles. The highest BCUT2D eigenvalue weighted by Gasteiger charge is 2.08. The third-order valence-electron chi connectivity index (χ3n) is 4.16. The Morgan fingerprint density at radius 3 is 2.33 bits per heavy atom. The van der Waals surface area contributed by atoms with Crippen molar-refractivity contribution in [2.45, 2.75) is 26.9 Å². The Morgan fingerprint density at radius 1 is 1.07 bits per heavy atom. The zero-order valence-corrected chi connectivity index (χ0v) is 20.3. The number of aliphatic imine (C=N–C) groups is 1. The normalized spacial score (nSPS) is 10.7. The Bertz CT molecular complexity index is 839. The lowest BCUT2D eigenvalue weighted by Gasteiger charge is -2.13. The molecule has 0 spiro atoms. The minimum absolute atomic E-state index is 0. The number of amides is 1. The first-order valence-electron chi connectivity index (χ1n) is 9.72. The fourth-order valence-corrected chi connectivity index (χ4v) is 2.65. The quantitative estimate of drug-likeness (QED) is 0.279. The Morgan fingerprint density at radius 2 is 1.73 bits per heavy atom. The number of phenols is 1. The van der Waals surface area contributed by atoms with Gasteiger partial charge in [0.25, 0.3) is 5.91 Å². The lowest BCUT2D eigenvalue weighted by Crippen LogP contribution is -2.36. The molecule has 2 aromatic carbocycles. The molecule has 3 N–H and O–H groups in total. The van der Waals surface area contributed by atoms with Crippen LogP contribution in [0.2, 0.25) is 0 Å². The molecule has 0 atom stereocenters. The van der Waals surface area contributed by atoms with Crippen molar-refractivity contribution in [3.8, 4) is 11.5 Å². The number of nitrogens with zero attached hydrogens (tertiary/aromatic N) is 2. The number of guanidine groups is 1. The predicted molar refractivity (Wildman–Crippen MR) is 131 cm³/mol. The molecule has 30 heavy (non-hydrogen) atoms. The van der Waals surface area contributed by atoms with Gasteiger partial charge in [0, 0.05) is 32.7 Å². The van der Waals surface area contributed by atoms with E-state index >= 15 is 0 Å². The van der Waals surface area contributed by atoms with Crippen LogP contribution in [0.5, 0.6) is 11.5 Å². The van der Waals surface area contributed by atoms with Gasteiger partial charge in [-0.15, -0.1) is 24.0 Å². The number of aromatic hydroxyl groups is 1. The smallest absolute Gasteiger partial charge is 0.253 e. The van der Waals surface area contributed by atoms with Crippen LogP contribution in [0.25, 0.3) is 0 Å². The van der Waals surface area contributed by atoms with Crippen LogP contribution in [-0.2, 0) is 13.1 Å². The van der Waals surface area contributed by atoms with Crippen LogP contribution in [0.3, 0.4) is 0 Å². The Hall–Kier alpha value is -2.49. The summed E-state index contributed by atoms with van der Waals surface area (Å²) in [6.45, 7) is 6.15. The summed E-state index contributed by atoms with van der Waals surface area (Å²) in [5.74, 6) is 1.26. The fourth-order valence-electron chi connectivity index (χ4n) is 2.65. The second kappa shape index (κ2) is 12.9. The maximum Gasteiger partial charge on any atom is 0.253 e. The number of nitrogens with one attached hydrogen (secondary N) is 2. The highest BCUT2D eigenvalue weighted by molar-refractivity contribution is 14.0. The molecule has 164 valence electrons. The van der Waals surface area contributed by atoms with E-state index in [1.54, 1.807) is 31.1 Å². The van der Waals surface area contributed by atoms with Gasteiger partial charge < -0.3 is 25.4 Å². The maximum atomic E-state index is 12.0. The molecule has 0 aliphatic rings. The van der Waals surface area contributed by atoms with Crippen LogP contribution < -0.4 is 15.4 Å². The third-order valence-corrected chi connectivity index (χ3v) is 4.16. The lowest BCUT2D eigenvalue weighted by atomic mass is 10.1. The number of halogens is 1. The highest BCUT2D eigenvalue weighted by atomic mass is 127. The zero-order valence-electron chi connectivity index (χ0n) is 17.9. The maximum absolute atomic E-state index is 12.0. The van der Waals surface area contributed by atoms with E-state index in [9.17, 15) is 9.90 Å². The van der Waals surface area contributed by atoms with Crippen LogP contribution in [0.4, 0.5) is 0 Å². The van der Waals surface area contributed by atoms with E-state index in [0.717, 1.165) is 17.7 Å². The number of carbonyl (C=O) groups is 1. The van der Waals surface area contributed by atoms with Crippen molar-refractivity contribution >= 4 is 35.8 Å². The summed E-state index contributed by atoms with van der Waals surface area (Å²) in [4.78, 5) is 18.1. The van der Waals surface area contributed by atoms with Crippen molar-refractivity contribution in [2.24, 2.45) is 4.99 Å². The van der Waals surface area contributed by atoms with Crippen LogP contribution in [-0.4, -0.2) is 49.1 Å². The van der Waals surface area contributed by atoms with Gasteiger partial charge in [-0.3, -0.25) is 4.79 Å². The van der Waals surface area contributed by atoms with Crippen molar-refractivity contribution in [1.29, 1.82) is 0 Å². The third kappa shape index (κ3) is 7.74. The average Bonchev–Trinajstić information content (AvgIpc) is 2.72.